The zero-order chi connectivity index (χ0) is 25.3. The predicted octanol–water partition coefficient (Wildman–Crippen LogP) is 6.47. The summed E-state index contributed by atoms with van der Waals surface area (Å²) in [5.41, 5.74) is -0.272. The number of rotatable bonds is 5. The molecule has 2 fully saturated rings. The Morgan fingerprint density at radius 3 is 2.11 bits per heavy atom. The molecule has 1 N–H and O–H groups in total. The first-order chi connectivity index (χ1) is 17.1. The quantitative estimate of drug-likeness (QED) is 0.318. The molecule has 2 aliphatic carbocycles. The van der Waals surface area contributed by atoms with Gasteiger partial charge >= 0.3 is 10.1 Å². The Morgan fingerprint density at radius 2 is 1.50 bits per heavy atom. The molecule has 6 rings (SSSR count). The maximum Gasteiger partial charge on any atom is 0.310 e. The number of aromatic hydroxyl groups is 1. The average molecular weight is 501 g/mol. The van der Waals surface area contributed by atoms with E-state index in [-0.39, 0.29) is 34.4 Å². The first kappa shape index (κ1) is 23.0. The molecule has 2 bridgehead atoms. The second-order valence-electron chi connectivity index (χ2n) is 10.8. The fourth-order valence-electron chi connectivity index (χ4n) is 6.68. The number of carbonyl (C=O) groups is 1. The van der Waals surface area contributed by atoms with Gasteiger partial charge in [-0.05, 0) is 57.9 Å². The van der Waals surface area contributed by atoms with Crippen LogP contribution in [0.5, 0.6) is 11.5 Å². The summed E-state index contributed by atoms with van der Waals surface area (Å²) in [5.74, 6) is 0.0902. The molecule has 2 saturated carbocycles. The summed E-state index contributed by atoms with van der Waals surface area (Å²) in [7, 11) is -4.13. The normalized spacial score (nSPS) is 22.9. The highest BCUT2D eigenvalue weighted by Crippen LogP contribution is 2.64. The van der Waals surface area contributed by atoms with Crippen molar-refractivity contribution in [3.63, 3.8) is 0 Å². The summed E-state index contributed by atoms with van der Waals surface area (Å²) in [4.78, 5) is 13.0. The molecule has 2 aliphatic rings. The van der Waals surface area contributed by atoms with Gasteiger partial charge in [0.15, 0.2) is 5.75 Å². The summed E-state index contributed by atoms with van der Waals surface area (Å²) >= 11 is 0. The summed E-state index contributed by atoms with van der Waals surface area (Å²) in [6, 6.07) is 22.2. The maximum absolute atomic E-state index is 13.6. The lowest BCUT2D eigenvalue weighted by molar-refractivity contribution is -0.128. The molecule has 0 heterocycles. The number of ketones is 1. The third kappa shape index (κ3) is 3.27. The van der Waals surface area contributed by atoms with Gasteiger partial charge in [0.2, 0.25) is 0 Å². The predicted molar refractivity (Wildman–Crippen MR) is 142 cm³/mol. The van der Waals surface area contributed by atoms with E-state index >= 15 is 0 Å². The Labute approximate surface area is 210 Å². The Balaban J connectivity index is 1.52. The molecule has 0 saturated heterocycles. The van der Waals surface area contributed by atoms with Crippen LogP contribution in [0.25, 0.3) is 32.7 Å². The second-order valence-corrected chi connectivity index (χ2v) is 12.4. The summed E-state index contributed by atoms with van der Waals surface area (Å²) in [6.45, 7) is 4.03. The van der Waals surface area contributed by atoms with Crippen molar-refractivity contribution in [2.24, 2.45) is 16.7 Å². The minimum absolute atomic E-state index is 0.0290. The van der Waals surface area contributed by atoms with Crippen molar-refractivity contribution >= 4 is 37.4 Å². The van der Waals surface area contributed by atoms with Crippen LogP contribution in [0.2, 0.25) is 0 Å². The molecule has 5 nitrogen and oxygen atoms in total. The minimum atomic E-state index is -4.13. The van der Waals surface area contributed by atoms with Gasteiger partial charge in [0, 0.05) is 17.5 Å². The Kier molecular flexibility index (Phi) is 5.00. The van der Waals surface area contributed by atoms with Crippen LogP contribution in [0.1, 0.15) is 33.1 Å². The monoisotopic (exact) mass is 500 g/mol. The first-order valence-corrected chi connectivity index (χ1v) is 13.9. The van der Waals surface area contributed by atoms with Crippen LogP contribution in [-0.2, 0) is 14.9 Å². The number of Topliss-reactive ketones (excluding diaryl/α,β-unsaturated/α-hetero) is 1. The van der Waals surface area contributed by atoms with Gasteiger partial charge in [-0.2, -0.15) is 8.42 Å². The van der Waals surface area contributed by atoms with Gasteiger partial charge in [0.05, 0.1) is 11.2 Å². The molecule has 0 aromatic heterocycles. The highest BCUT2D eigenvalue weighted by molar-refractivity contribution is 7.87. The largest absolute Gasteiger partial charge is 0.507 e. The zero-order valence-electron chi connectivity index (χ0n) is 20.3. The van der Waals surface area contributed by atoms with Crippen LogP contribution in [0.3, 0.4) is 0 Å². The number of hydrogen-bond acceptors (Lipinski definition) is 5. The molecule has 184 valence electrons. The SMILES string of the molecule is CC1(C)C2CCC1(CS(=O)(=O)Oc1ccc3ccccc3c1-c1c(O)ccc3ccccc13)C(=O)C2. The van der Waals surface area contributed by atoms with E-state index in [0.29, 0.717) is 24.0 Å². The zero-order valence-corrected chi connectivity index (χ0v) is 21.1. The van der Waals surface area contributed by atoms with Crippen molar-refractivity contribution in [2.75, 3.05) is 5.75 Å². The fraction of sp³-hybridized carbons (Fsp3) is 0.300. The maximum atomic E-state index is 13.6. The summed E-state index contributed by atoms with van der Waals surface area (Å²) in [6.07, 6.45) is 1.87. The number of hydrogen-bond donors (Lipinski definition) is 1. The van der Waals surface area contributed by atoms with E-state index in [4.69, 9.17) is 4.18 Å². The van der Waals surface area contributed by atoms with Crippen molar-refractivity contribution in [3.8, 4) is 22.6 Å². The molecule has 4 aromatic rings. The molecule has 0 radical (unpaired) electrons. The van der Waals surface area contributed by atoms with Crippen LogP contribution in [0.4, 0.5) is 0 Å². The van der Waals surface area contributed by atoms with Crippen LogP contribution in [-0.4, -0.2) is 25.1 Å². The molecule has 6 heteroatoms. The number of phenols is 1. The van der Waals surface area contributed by atoms with E-state index in [1.807, 2.05) is 74.5 Å². The molecular formula is C30H28O5S. The Morgan fingerprint density at radius 1 is 0.889 bits per heavy atom. The van der Waals surface area contributed by atoms with Gasteiger partial charge in [0.25, 0.3) is 0 Å². The summed E-state index contributed by atoms with van der Waals surface area (Å²) in [5, 5.41) is 14.4. The minimum Gasteiger partial charge on any atom is -0.507 e. The highest BCUT2D eigenvalue weighted by atomic mass is 32.2. The number of fused-ring (bicyclic) bond motifs is 4. The first-order valence-electron chi connectivity index (χ1n) is 12.3. The molecule has 0 amide bonds. The Hall–Kier alpha value is -3.38. The molecule has 36 heavy (non-hydrogen) atoms. The number of carbonyl (C=O) groups excluding carboxylic acids is 1. The van der Waals surface area contributed by atoms with Crippen molar-refractivity contribution in [3.05, 3.63) is 72.8 Å². The van der Waals surface area contributed by atoms with Gasteiger partial charge in [-0.1, -0.05) is 74.5 Å². The Bertz CT molecular complexity index is 1650. The van der Waals surface area contributed by atoms with E-state index in [9.17, 15) is 18.3 Å². The van der Waals surface area contributed by atoms with Crippen LogP contribution in [0.15, 0.2) is 72.8 Å². The van der Waals surface area contributed by atoms with Crippen molar-refractivity contribution in [1.29, 1.82) is 0 Å². The van der Waals surface area contributed by atoms with Crippen molar-refractivity contribution in [1.82, 2.24) is 0 Å². The van der Waals surface area contributed by atoms with Gasteiger partial charge in [0.1, 0.15) is 11.5 Å². The van der Waals surface area contributed by atoms with E-state index < -0.39 is 15.5 Å². The van der Waals surface area contributed by atoms with E-state index in [1.165, 1.54) is 0 Å². The smallest absolute Gasteiger partial charge is 0.310 e. The van der Waals surface area contributed by atoms with Crippen molar-refractivity contribution < 1.29 is 22.5 Å². The van der Waals surface area contributed by atoms with E-state index in [1.54, 1.807) is 12.1 Å². The van der Waals surface area contributed by atoms with Crippen LogP contribution < -0.4 is 4.18 Å². The topological polar surface area (TPSA) is 80.7 Å². The molecule has 0 aliphatic heterocycles. The lowest BCUT2D eigenvalue weighted by Gasteiger charge is -2.35. The van der Waals surface area contributed by atoms with Gasteiger partial charge in [-0.25, -0.2) is 0 Å². The van der Waals surface area contributed by atoms with Crippen LogP contribution >= 0.6 is 0 Å². The molecule has 0 spiro atoms. The average Bonchev–Trinajstić information content (AvgIpc) is 3.18. The van der Waals surface area contributed by atoms with E-state index in [2.05, 4.69) is 0 Å². The summed E-state index contributed by atoms with van der Waals surface area (Å²) < 4.78 is 33.1. The molecule has 2 atom stereocenters. The third-order valence-electron chi connectivity index (χ3n) is 8.83. The molecular weight excluding hydrogens is 472 g/mol. The lowest BCUT2D eigenvalue weighted by atomic mass is 9.70. The van der Waals surface area contributed by atoms with E-state index in [0.717, 1.165) is 28.0 Å². The van der Waals surface area contributed by atoms with Crippen molar-refractivity contribution in [2.45, 2.75) is 33.1 Å². The number of phenolic OH excluding ortho intramolecular Hbond substituents is 1. The van der Waals surface area contributed by atoms with Gasteiger partial charge in [-0.3, -0.25) is 4.79 Å². The standard InChI is InChI=1S/C30H28O5S/c1-29(2)21-15-16-30(29,26(32)17-21)18-36(33,34)35-25-14-12-20-8-4-6-10-23(20)28(25)27-22-9-5-3-7-19(22)11-13-24(27)31/h3-14,21,31H,15-18H2,1-2H3. The molecule has 2 unspecified atom stereocenters. The van der Waals surface area contributed by atoms with Crippen LogP contribution in [0, 0.1) is 16.7 Å². The molecule has 4 aromatic carbocycles. The highest BCUT2D eigenvalue weighted by Gasteiger charge is 2.65. The van der Waals surface area contributed by atoms with Gasteiger partial charge < -0.3 is 9.29 Å². The lowest BCUT2D eigenvalue weighted by Crippen LogP contribution is -2.43. The third-order valence-corrected chi connectivity index (χ3v) is 10.1. The fourth-order valence-corrected chi connectivity index (χ4v) is 8.43. The second kappa shape index (κ2) is 7.81. The number of benzene rings is 4. The van der Waals surface area contributed by atoms with Gasteiger partial charge in [-0.15, -0.1) is 0 Å².